The topological polar surface area (TPSA) is 23.6 Å². The number of benzene rings is 1. The fraction of sp³-hybridized carbons (Fsp3) is 0.632. The van der Waals surface area contributed by atoms with E-state index >= 15 is 0 Å². The van der Waals surface area contributed by atoms with Crippen molar-refractivity contribution in [2.24, 2.45) is 5.92 Å². The molecule has 2 rings (SSSR count). The number of piperidine rings is 1. The molecule has 1 aromatic rings. The molecule has 0 unspecified atom stereocenters. The molecule has 0 aromatic heterocycles. The molecule has 1 aliphatic rings. The first-order valence-electron chi connectivity index (χ1n) is 8.78. The van der Waals surface area contributed by atoms with E-state index in [9.17, 15) is 9.18 Å². The van der Waals surface area contributed by atoms with Crippen LogP contribution in [0.4, 0.5) is 4.39 Å². The molecule has 1 atom stereocenters. The number of halogens is 1. The minimum atomic E-state index is -0.175. The molecule has 1 aliphatic heterocycles. The van der Waals surface area contributed by atoms with Crippen LogP contribution < -0.4 is 0 Å². The van der Waals surface area contributed by atoms with Crippen molar-refractivity contribution < 1.29 is 9.18 Å². The van der Waals surface area contributed by atoms with Crippen LogP contribution in [-0.4, -0.2) is 60.9 Å². The van der Waals surface area contributed by atoms with Gasteiger partial charge in [0.05, 0.1) is 0 Å². The summed E-state index contributed by atoms with van der Waals surface area (Å²) in [6.45, 7) is 4.05. The first kappa shape index (κ1) is 19.3. The van der Waals surface area contributed by atoms with Gasteiger partial charge in [-0.15, -0.1) is 0 Å². The number of nitrogens with zero attached hydrogens (tertiary/aromatic N) is 2. The van der Waals surface area contributed by atoms with Crippen LogP contribution in [0.5, 0.6) is 0 Å². The molecule has 0 saturated carbocycles. The van der Waals surface area contributed by atoms with Crippen molar-refractivity contribution in [1.29, 1.82) is 0 Å². The van der Waals surface area contributed by atoms with Crippen molar-refractivity contribution in [3.05, 3.63) is 35.6 Å². The average molecular weight is 353 g/mol. The van der Waals surface area contributed by atoms with Crippen LogP contribution in [0.2, 0.25) is 0 Å². The van der Waals surface area contributed by atoms with E-state index < -0.39 is 0 Å². The zero-order chi connectivity index (χ0) is 17.4. The van der Waals surface area contributed by atoms with Gasteiger partial charge >= 0.3 is 0 Å². The van der Waals surface area contributed by atoms with Crippen molar-refractivity contribution in [3.8, 4) is 0 Å². The number of hydrogen-bond donors (Lipinski definition) is 0. The molecule has 0 spiro atoms. The molecule has 0 bridgehead atoms. The maximum atomic E-state index is 13.0. The Balaban J connectivity index is 1.74. The molecule has 134 valence electrons. The predicted molar refractivity (Wildman–Crippen MR) is 99.9 cm³/mol. The minimum Gasteiger partial charge on any atom is -0.345 e. The molecule has 1 fully saturated rings. The van der Waals surface area contributed by atoms with Gasteiger partial charge in [-0.05, 0) is 55.7 Å². The Bertz CT molecular complexity index is 509. The fourth-order valence-electron chi connectivity index (χ4n) is 3.31. The highest BCUT2D eigenvalue weighted by atomic mass is 32.2. The smallest absolute Gasteiger partial charge is 0.223 e. The Hall–Kier alpha value is -1.07. The number of thioether (sulfide) groups is 1. The molecule has 24 heavy (non-hydrogen) atoms. The summed E-state index contributed by atoms with van der Waals surface area (Å²) in [6, 6.07) is 6.80. The van der Waals surface area contributed by atoms with Crippen molar-refractivity contribution in [1.82, 2.24) is 9.80 Å². The first-order chi connectivity index (χ1) is 11.6. The predicted octanol–water partition coefficient (Wildman–Crippen LogP) is 3.29. The van der Waals surface area contributed by atoms with Gasteiger partial charge in [0.1, 0.15) is 5.82 Å². The average Bonchev–Trinajstić information content (AvgIpc) is 2.59. The Labute approximate surface area is 149 Å². The summed E-state index contributed by atoms with van der Waals surface area (Å²) >= 11 is 1.72. The van der Waals surface area contributed by atoms with Gasteiger partial charge < -0.3 is 9.80 Å². The molecule has 1 heterocycles. The maximum Gasteiger partial charge on any atom is 0.223 e. The Morgan fingerprint density at radius 3 is 2.83 bits per heavy atom. The standard InChI is InChI=1S/C19H29FN2OS/c1-21(19(23)10-13-24-2)14-17-4-3-11-22(15-17)12-9-16-5-7-18(20)8-6-16/h5-8,17H,3-4,9-15H2,1-2H3/t17-/m1/s1. The SMILES string of the molecule is CSCCC(=O)N(C)C[C@H]1CCCN(CCc2ccc(F)cc2)C1. The second-order valence-electron chi connectivity index (χ2n) is 6.70. The molecule has 1 amide bonds. The highest BCUT2D eigenvalue weighted by Gasteiger charge is 2.22. The normalized spacial score (nSPS) is 18.5. The highest BCUT2D eigenvalue weighted by molar-refractivity contribution is 7.98. The lowest BCUT2D eigenvalue weighted by molar-refractivity contribution is -0.130. The summed E-state index contributed by atoms with van der Waals surface area (Å²) in [7, 11) is 1.93. The van der Waals surface area contributed by atoms with E-state index in [1.165, 1.54) is 30.5 Å². The highest BCUT2D eigenvalue weighted by Crippen LogP contribution is 2.18. The van der Waals surface area contributed by atoms with Crippen molar-refractivity contribution in [2.75, 3.05) is 45.2 Å². The number of carbonyl (C=O) groups excluding carboxylic acids is 1. The fourth-order valence-corrected chi connectivity index (χ4v) is 3.69. The number of amides is 1. The van der Waals surface area contributed by atoms with E-state index in [4.69, 9.17) is 0 Å². The van der Waals surface area contributed by atoms with Gasteiger partial charge in [0.15, 0.2) is 0 Å². The molecule has 1 saturated heterocycles. The third-order valence-electron chi connectivity index (χ3n) is 4.71. The molecule has 0 N–H and O–H groups in total. The third-order valence-corrected chi connectivity index (χ3v) is 5.32. The van der Waals surface area contributed by atoms with Gasteiger partial charge in [-0.3, -0.25) is 4.79 Å². The molecule has 3 nitrogen and oxygen atoms in total. The number of carbonyl (C=O) groups is 1. The second kappa shape index (κ2) is 10.0. The second-order valence-corrected chi connectivity index (χ2v) is 7.69. The molecular weight excluding hydrogens is 323 g/mol. The van der Waals surface area contributed by atoms with Gasteiger partial charge in [0.25, 0.3) is 0 Å². The number of hydrogen-bond acceptors (Lipinski definition) is 3. The largest absolute Gasteiger partial charge is 0.345 e. The van der Waals surface area contributed by atoms with Gasteiger partial charge in [-0.1, -0.05) is 12.1 Å². The number of likely N-dealkylation sites (tertiary alicyclic amines) is 1. The lowest BCUT2D eigenvalue weighted by atomic mass is 9.97. The van der Waals surface area contributed by atoms with Crippen LogP contribution in [0.3, 0.4) is 0 Å². The Morgan fingerprint density at radius 2 is 2.12 bits per heavy atom. The Morgan fingerprint density at radius 1 is 1.38 bits per heavy atom. The molecular formula is C19H29FN2OS. The summed E-state index contributed by atoms with van der Waals surface area (Å²) in [5.41, 5.74) is 1.18. The Kier molecular flexibility index (Phi) is 8.06. The van der Waals surface area contributed by atoms with Gasteiger partial charge in [-0.25, -0.2) is 4.39 Å². The lowest BCUT2D eigenvalue weighted by Gasteiger charge is -2.34. The third kappa shape index (κ3) is 6.44. The zero-order valence-corrected chi connectivity index (χ0v) is 15.7. The lowest BCUT2D eigenvalue weighted by Crippen LogP contribution is -2.42. The van der Waals surface area contributed by atoms with E-state index in [0.29, 0.717) is 12.3 Å². The molecule has 0 radical (unpaired) electrons. The summed E-state index contributed by atoms with van der Waals surface area (Å²) < 4.78 is 13.0. The molecule has 1 aromatic carbocycles. The van der Waals surface area contributed by atoms with E-state index in [2.05, 4.69) is 4.90 Å². The van der Waals surface area contributed by atoms with Crippen LogP contribution in [0.1, 0.15) is 24.8 Å². The van der Waals surface area contributed by atoms with Crippen LogP contribution in [0.25, 0.3) is 0 Å². The van der Waals surface area contributed by atoms with Crippen LogP contribution in [0, 0.1) is 11.7 Å². The van der Waals surface area contributed by atoms with Crippen LogP contribution >= 0.6 is 11.8 Å². The summed E-state index contributed by atoms with van der Waals surface area (Å²) in [5, 5.41) is 0. The van der Waals surface area contributed by atoms with E-state index in [-0.39, 0.29) is 11.7 Å². The summed E-state index contributed by atoms with van der Waals surface area (Å²) in [6.07, 6.45) is 6.02. The molecule has 5 heteroatoms. The van der Waals surface area contributed by atoms with Crippen molar-refractivity contribution >= 4 is 17.7 Å². The minimum absolute atomic E-state index is 0.175. The monoisotopic (exact) mass is 352 g/mol. The molecule has 0 aliphatic carbocycles. The van der Waals surface area contributed by atoms with Gasteiger partial charge in [0.2, 0.25) is 5.91 Å². The van der Waals surface area contributed by atoms with E-state index in [1.54, 1.807) is 11.8 Å². The van der Waals surface area contributed by atoms with Crippen molar-refractivity contribution in [3.63, 3.8) is 0 Å². The van der Waals surface area contributed by atoms with Crippen LogP contribution in [-0.2, 0) is 11.2 Å². The number of rotatable bonds is 8. The van der Waals surface area contributed by atoms with E-state index in [1.807, 2.05) is 30.3 Å². The summed E-state index contributed by atoms with van der Waals surface area (Å²) in [5.74, 6) is 1.55. The van der Waals surface area contributed by atoms with Crippen LogP contribution in [0.15, 0.2) is 24.3 Å². The quantitative estimate of drug-likeness (QED) is 0.717. The summed E-state index contributed by atoms with van der Waals surface area (Å²) in [4.78, 5) is 16.5. The van der Waals surface area contributed by atoms with Crippen molar-refractivity contribution in [2.45, 2.75) is 25.7 Å². The maximum absolute atomic E-state index is 13.0. The van der Waals surface area contributed by atoms with E-state index in [0.717, 1.165) is 38.4 Å². The zero-order valence-electron chi connectivity index (χ0n) is 14.8. The first-order valence-corrected chi connectivity index (χ1v) is 10.2. The van der Waals surface area contributed by atoms with Gasteiger partial charge in [-0.2, -0.15) is 11.8 Å². The van der Waals surface area contributed by atoms with Gasteiger partial charge in [0, 0.05) is 38.9 Å².